The molecule has 4 nitrogen and oxygen atoms in total. The van der Waals surface area contributed by atoms with Gasteiger partial charge in [0.2, 0.25) is 0 Å². The minimum absolute atomic E-state index is 0.0148. The van der Waals surface area contributed by atoms with E-state index in [0.717, 1.165) is 25.1 Å². The third-order valence-corrected chi connectivity index (χ3v) is 3.50. The highest BCUT2D eigenvalue weighted by atomic mass is 16.1. The zero-order chi connectivity index (χ0) is 15.5. The predicted octanol–water partition coefficient (Wildman–Crippen LogP) is 3.99. The summed E-state index contributed by atoms with van der Waals surface area (Å²) in [5.74, 6) is -0.0148. The van der Waals surface area contributed by atoms with Crippen molar-refractivity contribution >= 4 is 11.6 Å². The molecule has 2 N–H and O–H groups in total. The van der Waals surface area contributed by atoms with E-state index in [1.54, 1.807) is 18.5 Å². The molecule has 0 aliphatic rings. The first-order valence-electron chi connectivity index (χ1n) is 8.17. The fraction of sp³-hybridized carbons (Fsp3) is 0.647. The normalized spacial score (nSPS) is 12.0. The predicted molar refractivity (Wildman–Crippen MR) is 88.7 cm³/mol. The number of carbonyl (C=O) groups excluding carboxylic acids is 1. The van der Waals surface area contributed by atoms with Crippen LogP contribution < -0.4 is 10.6 Å². The fourth-order valence-electron chi connectivity index (χ4n) is 2.24. The molecule has 0 aliphatic carbocycles. The zero-order valence-electron chi connectivity index (χ0n) is 13.6. The highest BCUT2D eigenvalue weighted by Crippen LogP contribution is 2.14. The van der Waals surface area contributed by atoms with Crippen LogP contribution in [0.25, 0.3) is 0 Å². The number of amides is 1. The van der Waals surface area contributed by atoms with Crippen molar-refractivity contribution in [1.29, 1.82) is 0 Å². The molecule has 0 saturated heterocycles. The second-order valence-corrected chi connectivity index (χ2v) is 5.57. The van der Waals surface area contributed by atoms with Crippen LogP contribution in [0.5, 0.6) is 0 Å². The molecule has 1 heterocycles. The number of hydrogen-bond acceptors (Lipinski definition) is 3. The lowest BCUT2D eigenvalue weighted by atomic mass is 10.1. The van der Waals surface area contributed by atoms with Gasteiger partial charge in [0.15, 0.2) is 0 Å². The monoisotopic (exact) mass is 291 g/mol. The number of carbonyl (C=O) groups is 1. The Labute approximate surface area is 128 Å². The highest BCUT2D eigenvalue weighted by molar-refractivity contribution is 5.99. The van der Waals surface area contributed by atoms with Gasteiger partial charge in [-0.2, -0.15) is 0 Å². The smallest absolute Gasteiger partial charge is 0.253 e. The Balaban J connectivity index is 2.50. The quantitative estimate of drug-likeness (QED) is 0.641. The Morgan fingerprint density at radius 3 is 2.76 bits per heavy atom. The number of nitrogens with one attached hydrogen (secondary N) is 2. The summed E-state index contributed by atoms with van der Waals surface area (Å²) in [6, 6.07) is 1.98. The van der Waals surface area contributed by atoms with Crippen LogP contribution >= 0.6 is 0 Å². The van der Waals surface area contributed by atoms with Crippen LogP contribution in [0.1, 0.15) is 69.7 Å². The number of rotatable bonds is 10. The van der Waals surface area contributed by atoms with Crippen LogP contribution in [0, 0.1) is 0 Å². The van der Waals surface area contributed by atoms with Gasteiger partial charge in [-0.05, 0) is 25.8 Å². The Morgan fingerprint density at radius 1 is 1.24 bits per heavy atom. The number of unbranched alkanes of at least 4 members (excludes halogenated alkanes) is 3. The number of nitrogens with zero attached hydrogens (tertiary/aromatic N) is 1. The van der Waals surface area contributed by atoms with Gasteiger partial charge in [0.25, 0.3) is 5.91 Å². The molecule has 1 aromatic heterocycles. The van der Waals surface area contributed by atoms with Crippen LogP contribution in [0.15, 0.2) is 18.5 Å². The maximum Gasteiger partial charge on any atom is 0.253 e. The lowest BCUT2D eigenvalue weighted by Crippen LogP contribution is -2.33. The lowest BCUT2D eigenvalue weighted by molar-refractivity contribution is 0.0938. The van der Waals surface area contributed by atoms with Gasteiger partial charge >= 0.3 is 0 Å². The number of pyridine rings is 1. The number of hydrogen-bond donors (Lipinski definition) is 2. The van der Waals surface area contributed by atoms with Crippen LogP contribution in [0.2, 0.25) is 0 Å². The van der Waals surface area contributed by atoms with Crippen molar-refractivity contribution in [3.05, 3.63) is 24.0 Å². The van der Waals surface area contributed by atoms with Crippen molar-refractivity contribution in [2.75, 3.05) is 11.9 Å². The average Bonchev–Trinajstić information content (AvgIpc) is 2.49. The summed E-state index contributed by atoms with van der Waals surface area (Å²) < 4.78 is 0. The van der Waals surface area contributed by atoms with Crippen LogP contribution in [-0.2, 0) is 0 Å². The molecule has 0 fully saturated rings. The first kappa shape index (κ1) is 17.5. The Kier molecular flexibility index (Phi) is 8.48. The standard InChI is InChI=1S/C17H29N3O/c1-4-6-7-8-9-14(3)20-17(21)15-10-12-18-13-16(15)19-11-5-2/h10,12-14,19H,4-9,11H2,1-3H3,(H,20,21). The lowest BCUT2D eigenvalue weighted by Gasteiger charge is -2.16. The van der Waals surface area contributed by atoms with E-state index in [1.807, 2.05) is 0 Å². The topological polar surface area (TPSA) is 54.0 Å². The van der Waals surface area contributed by atoms with E-state index in [1.165, 1.54) is 25.7 Å². The molecule has 118 valence electrons. The van der Waals surface area contributed by atoms with Crippen LogP contribution in [0.3, 0.4) is 0 Å². The zero-order valence-corrected chi connectivity index (χ0v) is 13.6. The summed E-state index contributed by atoms with van der Waals surface area (Å²) in [5, 5.41) is 6.34. The molecule has 1 unspecified atom stereocenters. The molecular formula is C17H29N3O. The molecule has 1 amide bonds. The highest BCUT2D eigenvalue weighted by Gasteiger charge is 2.13. The summed E-state index contributed by atoms with van der Waals surface area (Å²) in [5.41, 5.74) is 1.49. The molecule has 0 aromatic carbocycles. The van der Waals surface area contributed by atoms with Crippen LogP contribution in [0.4, 0.5) is 5.69 Å². The summed E-state index contributed by atoms with van der Waals surface area (Å²) in [6.45, 7) is 7.23. The van der Waals surface area contributed by atoms with Gasteiger partial charge in [-0.15, -0.1) is 0 Å². The van der Waals surface area contributed by atoms with Crippen molar-refractivity contribution < 1.29 is 4.79 Å². The van der Waals surface area contributed by atoms with Gasteiger partial charge in [0.05, 0.1) is 17.4 Å². The molecule has 1 rings (SSSR count). The second kappa shape index (κ2) is 10.2. The number of aromatic nitrogens is 1. The summed E-state index contributed by atoms with van der Waals surface area (Å²) >= 11 is 0. The van der Waals surface area contributed by atoms with E-state index in [0.29, 0.717) is 5.56 Å². The first-order chi connectivity index (χ1) is 10.2. The minimum Gasteiger partial charge on any atom is -0.383 e. The van der Waals surface area contributed by atoms with E-state index in [2.05, 4.69) is 36.4 Å². The summed E-state index contributed by atoms with van der Waals surface area (Å²) in [7, 11) is 0. The molecular weight excluding hydrogens is 262 g/mol. The van der Waals surface area contributed by atoms with Crippen molar-refractivity contribution in [1.82, 2.24) is 10.3 Å². The molecule has 0 saturated carbocycles. The Hall–Kier alpha value is -1.58. The fourth-order valence-corrected chi connectivity index (χ4v) is 2.24. The van der Waals surface area contributed by atoms with E-state index < -0.39 is 0 Å². The van der Waals surface area contributed by atoms with Crippen molar-refractivity contribution in [2.45, 2.75) is 65.3 Å². The van der Waals surface area contributed by atoms with E-state index >= 15 is 0 Å². The first-order valence-corrected chi connectivity index (χ1v) is 8.17. The summed E-state index contributed by atoms with van der Waals surface area (Å²) in [6.07, 6.45) is 10.4. The molecule has 4 heteroatoms. The molecule has 0 bridgehead atoms. The molecule has 21 heavy (non-hydrogen) atoms. The molecule has 1 atom stereocenters. The van der Waals surface area contributed by atoms with E-state index in [9.17, 15) is 4.79 Å². The minimum atomic E-state index is -0.0148. The Morgan fingerprint density at radius 2 is 2.05 bits per heavy atom. The third-order valence-electron chi connectivity index (χ3n) is 3.50. The van der Waals surface area contributed by atoms with Crippen molar-refractivity contribution in [3.8, 4) is 0 Å². The van der Waals surface area contributed by atoms with E-state index in [4.69, 9.17) is 0 Å². The molecule has 0 radical (unpaired) electrons. The largest absolute Gasteiger partial charge is 0.383 e. The van der Waals surface area contributed by atoms with Gasteiger partial charge in [-0.1, -0.05) is 39.5 Å². The maximum atomic E-state index is 12.3. The molecule has 1 aromatic rings. The third kappa shape index (κ3) is 6.61. The van der Waals surface area contributed by atoms with Crippen molar-refractivity contribution in [2.24, 2.45) is 0 Å². The second-order valence-electron chi connectivity index (χ2n) is 5.57. The summed E-state index contributed by atoms with van der Waals surface area (Å²) in [4.78, 5) is 16.4. The van der Waals surface area contributed by atoms with Gasteiger partial charge in [0.1, 0.15) is 0 Å². The van der Waals surface area contributed by atoms with Gasteiger partial charge in [-0.25, -0.2) is 0 Å². The maximum absolute atomic E-state index is 12.3. The number of anilines is 1. The van der Waals surface area contributed by atoms with Gasteiger partial charge in [0, 0.05) is 18.8 Å². The SMILES string of the molecule is CCCCCCC(C)NC(=O)c1ccncc1NCCC. The molecule has 0 aliphatic heterocycles. The van der Waals surface area contributed by atoms with Crippen LogP contribution in [-0.4, -0.2) is 23.5 Å². The molecule has 0 spiro atoms. The van der Waals surface area contributed by atoms with Gasteiger partial charge < -0.3 is 10.6 Å². The van der Waals surface area contributed by atoms with Gasteiger partial charge in [-0.3, -0.25) is 9.78 Å². The van der Waals surface area contributed by atoms with Crippen molar-refractivity contribution in [3.63, 3.8) is 0 Å². The van der Waals surface area contributed by atoms with E-state index in [-0.39, 0.29) is 11.9 Å². The average molecular weight is 291 g/mol. The Bertz CT molecular complexity index is 420.